The largest absolute Gasteiger partial charge is 0.493 e. The minimum Gasteiger partial charge on any atom is -0.493 e. The molecule has 0 unspecified atom stereocenters. The molecule has 2 atom stereocenters. The first-order valence-electron chi connectivity index (χ1n) is 9.53. The lowest BCUT2D eigenvalue weighted by molar-refractivity contribution is 0.100. The molecule has 164 valence electrons. The van der Waals surface area contributed by atoms with Gasteiger partial charge in [-0.15, -0.1) is 0 Å². The number of sulfone groups is 1. The van der Waals surface area contributed by atoms with Gasteiger partial charge in [0, 0.05) is 17.4 Å². The Morgan fingerprint density at radius 1 is 1.13 bits per heavy atom. The maximum atomic E-state index is 13.3. The molecule has 2 fully saturated rings. The van der Waals surface area contributed by atoms with Crippen LogP contribution in [0.5, 0.6) is 11.5 Å². The molecule has 2 saturated heterocycles. The Bertz CT molecular complexity index is 1130. The average Bonchev–Trinajstić information content (AvgIpc) is 3.20. The summed E-state index contributed by atoms with van der Waals surface area (Å²) in [6.45, 7) is 0.335. The lowest BCUT2D eigenvalue weighted by Gasteiger charge is -2.24. The third-order valence-electron chi connectivity index (χ3n) is 5.27. The van der Waals surface area contributed by atoms with E-state index in [1.165, 1.54) is 38.1 Å². The molecule has 7 nitrogen and oxygen atoms in total. The molecule has 0 aliphatic carbocycles. The summed E-state index contributed by atoms with van der Waals surface area (Å²) in [7, 11) is -0.159. The topological polar surface area (TPSA) is 85.3 Å². The van der Waals surface area contributed by atoms with E-state index in [0.717, 1.165) is 5.56 Å². The highest BCUT2D eigenvalue weighted by Crippen LogP contribution is 2.39. The third kappa shape index (κ3) is 4.54. The minimum absolute atomic E-state index is 0.00936. The summed E-state index contributed by atoms with van der Waals surface area (Å²) in [5.41, 5.74) is 1.13. The van der Waals surface area contributed by atoms with Gasteiger partial charge in [0.05, 0.1) is 31.8 Å². The molecular weight excluding hydrogens is 443 g/mol. The van der Waals surface area contributed by atoms with Gasteiger partial charge in [0.2, 0.25) is 0 Å². The van der Waals surface area contributed by atoms with E-state index in [2.05, 4.69) is 4.99 Å². The van der Waals surface area contributed by atoms with Crippen LogP contribution in [0.25, 0.3) is 0 Å². The second-order valence-corrected chi connectivity index (χ2v) is 10.7. The van der Waals surface area contributed by atoms with Crippen molar-refractivity contribution in [2.45, 2.75) is 17.8 Å². The van der Waals surface area contributed by atoms with Gasteiger partial charge in [-0.2, -0.15) is 4.99 Å². The fourth-order valence-corrected chi connectivity index (χ4v) is 7.68. The molecule has 2 aromatic carbocycles. The van der Waals surface area contributed by atoms with Crippen LogP contribution in [0.15, 0.2) is 47.5 Å². The number of benzene rings is 2. The number of nitrogens with zero attached hydrogens (tertiary/aromatic N) is 2. The number of ether oxygens (including phenoxy) is 2. The van der Waals surface area contributed by atoms with Crippen molar-refractivity contribution in [3.63, 3.8) is 0 Å². The molecule has 1 amide bonds. The number of halogens is 1. The fourth-order valence-electron chi connectivity index (χ4n) is 3.73. The second-order valence-electron chi connectivity index (χ2n) is 7.32. The van der Waals surface area contributed by atoms with E-state index in [9.17, 15) is 17.6 Å². The molecule has 0 spiro atoms. The zero-order valence-electron chi connectivity index (χ0n) is 16.9. The van der Waals surface area contributed by atoms with Crippen LogP contribution >= 0.6 is 11.8 Å². The van der Waals surface area contributed by atoms with E-state index < -0.39 is 15.7 Å². The van der Waals surface area contributed by atoms with Crippen LogP contribution in [0.4, 0.5) is 4.39 Å². The van der Waals surface area contributed by atoms with Crippen molar-refractivity contribution < 1.29 is 27.1 Å². The number of rotatable bonds is 5. The molecule has 2 heterocycles. The number of methoxy groups -OCH3 is 2. The summed E-state index contributed by atoms with van der Waals surface area (Å²) in [4.78, 5) is 19.0. The summed E-state index contributed by atoms with van der Waals surface area (Å²) in [6.07, 6.45) is 0. The van der Waals surface area contributed by atoms with Crippen molar-refractivity contribution in [3.8, 4) is 11.5 Å². The van der Waals surface area contributed by atoms with Crippen molar-refractivity contribution in [2.24, 2.45) is 4.99 Å². The van der Waals surface area contributed by atoms with Crippen LogP contribution in [-0.4, -0.2) is 61.4 Å². The first-order valence-corrected chi connectivity index (χ1v) is 12.2. The fraction of sp³-hybridized carbons (Fsp3) is 0.333. The Kier molecular flexibility index (Phi) is 5.94. The van der Waals surface area contributed by atoms with Crippen LogP contribution in [0.1, 0.15) is 15.9 Å². The van der Waals surface area contributed by atoms with E-state index in [1.807, 2.05) is 4.90 Å². The molecule has 10 heteroatoms. The zero-order valence-corrected chi connectivity index (χ0v) is 18.6. The van der Waals surface area contributed by atoms with Gasteiger partial charge < -0.3 is 14.4 Å². The molecule has 0 saturated carbocycles. The average molecular weight is 465 g/mol. The van der Waals surface area contributed by atoms with Crippen LogP contribution < -0.4 is 9.47 Å². The number of amides is 1. The van der Waals surface area contributed by atoms with Crippen LogP contribution in [0, 0.1) is 5.82 Å². The van der Waals surface area contributed by atoms with Gasteiger partial charge in [0.1, 0.15) is 5.82 Å². The Balaban J connectivity index is 1.64. The Labute approximate surface area is 184 Å². The van der Waals surface area contributed by atoms with Gasteiger partial charge in [0.25, 0.3) is 5.91 Å². The quantitative estimate of drug-likeness (QED) is 0.673. The lowest BCUT2D eigenvalue weighted by atomic mass is 10.1. The summed E-state index contributed by atoms with van der Waals surface area (Å²) in [5, 5.41) is 0.274. The summed E-state index contributed by atoms with van der Waals surface area (Å²) < 4.78 is 48.0. The van der Waals surface area contributed by atoms with Crippen LogP contribution in [0.2, 0.25) is 0 Å². The van der Waals surface area contributed by atoms with Crippen molar-refractivity contribution in [1.82, 2.24) is 4.90 Å². The first kappa shape index (κ1) is 21.6. The molecule has 0 bridgehead atoms. The van der Waals surface area contributed by atoms with Gasteiger partial charge in [-0.05, 0) is 35.9 Å². The van der Waals surface area contributed by atoms with Crippen LogP contribution in [-0.2, 0) is 16.4 Å². The van der Waals surface area contributed by atoms with Gasteiger partial charge >= 0.3 is 0 Å². The zero-order chi connectivity index (χ0) is 22.2. The molecule has 0 N–H and O–H groups in total. The number of hydrogen-bond donors (Lipinski definition) is 0. The summed E-state index contributed by atoms with van der Waals surface area (Å²) in [5.74, 6) is 0.161. The number of hydrogen-bond acceptors (Lipinski definition) is 6. The summed E-state index contributed by atoms with van der Waals surface area (Å²) >= 11 is 1.30. The molecule has 2 aliphatic rings. The molecule has 31 heavy (non-hydrogen) atoms. The number of carbonyl (C=O) groups excluding carboxylic acids is 1. The standard InChI is InChI=1S/C21H21FN2O5S2/c1-28-17-8-5-14(9-18(17)29-2)20(25)23-21-24(10-13-3-6-15(22)7-4-13)16-11-31(26,27)12-19(16)30-21/h3-9,16,19H,10-12H2,1-2H3/t16-,19+/m0/s1. The lowest BCUT2D eigenvalue weighted by Crippen LogP contribution is -2.37. The third-order valence-corrected chi connectivity index (χ3v) is 8.52. The molecule has 4 rings (SSSR count). The highest BCUT2D eigenvalue weighted by Gasteiger charge is 2.48. The Morgan fingerprint density at radius 3 is 2.52 bits per heavy atom. The van der Waals surface area contributed by atoms with Crippen molar-refractivity contribution in [2.75, 3.05) is 25.7 Å². The van der Waals surface area contributed by atoms with Crippen molar-refractivity contribution in [3.05, 3.63) is 59.4 Å². The highest BCUT2D eigenvalue weighted by molar-refractivity contribution is 8.15. The van der Waals surface area contributed by atoms with E-state index in [1.54, 1.807) is 30.3 Å². The Morgan fingerprint density at radius 2 is 1.84 bits per heavy atom. The monoisotopic (exact) mass is 464 g/mol. The molecule has 0 aromatic heterocycles. The minimum atomic E-state index is -3.15. The van der Waals surface area contributed by atoms with Crippen molar-refractivity contribution in [1.29, 1.82) is 0 Å². The van der Waals surface area contributed by atoms with E-state index >= 15 is 0 Å². The number of fused-ring (bicyclic) bond motifs is 1. The predicted octanol–water partition coefficient (Wildman–Crippen LogP) is 2.75. The van der Waals surface area contributed by atoms with Gasteiger partial charge in [-0.25, -0.2) is 12.8 Å². The van der Waals surface area contributed by atoms with Gasteiger partial charge in [-0.3, -0.25) is 4.79 Å². The molecule has 2 aromatic rings. The second kappa shape index (κ2) is 8.51. The van der Waals surface area contributed by atoms with Gasteiger partial charge in [0.15, 0.2) is 26.5 Å². The van der Waals surface area contributed by atoms with E-state index in [0.29, 0.717) is 28.8 Å². The van der Waals surface area contributed by atoms with E-state index in [-0.39, 0.29) is 28.6 Å². The molecule has 0 radical (unpaired) electrons. The summed E-state index contributed by atoms with van der Waals surface area (Å²) in [6, 6.07) is 10.5. The van der Waals surface area contributed by atoms with Gasteiger partial charge in [-0.1, -0.05) is 23.9 Å². The first-order chi connectivity index (χ1) is 14.8. The number of amidine groups is 1. The predicted molar refractivity (Wildman–Crippen MR) is 117 cm³/mol. The van der Waals surface area contributed by atoms with Crippen LogP contribution in [0.3, 0.4) is 0 Å². The SMILES string of the molecule is COc1ccc(C(=O)N=C2S[C@@H]3CS(=O)(=O)C[C@@H]3N2Cc2ccc(F)cc2)cc1OC. The van der Waals surface area contributed by atoms with Crippen molar-refractivity contribution >= 4 is 32.7 Å². The smallest absolute Gasteiger partial charge is 0.279 e. The number of aliphatic imine (C=N–C) groups is 1. The maximum absolute atomic E-state index is 13.3. The number of thioether (sulfide) groups is 1. The highest BCUT2D eigenvalue weighted by atomic mass is 32.2. The molecule has 2 aliphatic heterocycles. The van der Waals surface area contributed by atoms with E-state index in [4.69, 9.17) is 9.47 Å². The maximum Gasteiger partial charge on any atom is 0.279 e. The Hall–Kier alpha value is -2.59. The normalized spacial score (nSPS) is 23.1. The molecular formula is C21H21FN2O5S2. The number of carbonyl (C=O) groups is 1.